The molecule has 2 atom stereocenters. The summed E-state index contributed by atoms with van der Waals surface area (Å²) in [6, 6.07) is 19.8. The van der Waals surface area contributed by atoms with Gasteiger partial charge < -0.3 is 10.2 Å². The van der Waals surface area contributed by atoms with Crippen LogP contribution in [-0.4, -0.2) is 43.8 Å². The number of carbonyl (C=O) groups is 2. The average molecular weight is 679 g/mol. The molecule has 0 aliphatic heterocycles. The van der Waals surface area contributed by atoms with Gasteiger partial charge >= 0.3 is 0 Å². The minimum atomic E-state index is -4.10. The lowest BCUT2D eigenvalue weighted by Gasteiger charge is -2.32. The maximum atomic E-state index is 13.9. The molecule has 7 nitrogen and oxygen atoms in total. The van der Waals surface area contributed by atoms with Gasteiger partial charge in [0.05, 0.1) is 10.6 Å². The predicted octanol–water partition coefficient (Wildman–Crippen LogP) is 6.05. The largest absolute Gasteiger partial charge is 0.352 e. The molecule has 10 heteroatoms. The number of sulfonamides is 1. The minimum Gasteiger partial charge on any atom is -0.352 e. The van der Waals surface area contributed by atoms with Crippen molar-refractivity contribution in [1.29, 1.82) is 0 Å². The molecule has 0 unspecified atom stereocenters. The highest BCUT2D eigenvalue weighted by Crippen LogP contribution is 2.26. The molecule has 39 heavy (non-hydrogen) atoms. The van der Waals surface area contributed by atoms with Crippen LogP contribution in [0.1, 0.15) is 38.3 Å². The van der Waals surface area contributed by atoms with Crippen LogP contribution in [0, 0.1) is 6.92 Å². The number of nitrogens with one attached hydrogen (secondary N) is 1. The van der Waals surface area contributed by atoms with Crippen LogP contribution in [-0.2, 0) is 26.2 Å². The van der Waals surface area contributed by atoms with Crippen molar-refractivity contribution >= 4 is 59.4 Å². The number of nitrogens with zero attached hydrogens (tertiary/aromatic N) is 2. The fourth-order valence-electron chi connectivity index (χ4n) is 3.85. The van der Waals surface area contributed by atoms with E-state index >= 15 is 0 Å². The summed E-state index contributed by atoms with van der Waals surface area (Å²) < 4.78 is 30.4. The maximum absolute atomic E-state index is 13.9. The van der Waals surface area contributed by atoms with E-state index in [1.807, 2.05) is 45.0 Å². The Balaban J connectivity index is 2.02. The summed E-state index contributed by atoms with van der Waals surface area (Å²) in [7, 11) is -4.10. The van der Waals surface area contributed by atoms with Gasteiger partial charge in [-0.05, 0) is 81.3 Å². The summed E-state index contributed by atoms with van der Waals surface area (Å²) in [5.74, 6) is -0.801. The fourth-order valence-corrected chi connectivity index (χ4v) is 5.98. The molecule has 2 amide bonds. The van der Waals surface area contributed by atoms with Crippen molar-refractivity contribution in [2.24, 2.45) is 0 Å². The number of benzene rings is 3. The molecule has 1 N–H and O–H groups in total. The molecule has 3 aromatic carbocycles. The highest BCUT2D eigenvalue weighted by molar-refractivity contribution is 9.10. The van der Waals surface area contributed by atoms with Crippen molar-refractivity contribution in [3.8, 4) is 0 Å². The van der Waals surface area contributed by atoms with Crippen LogP contribution in [0.15, 0.2) is 86.6 Å². The minimum absolute atomic E-state index is 0.0658. The van der Waals surface area contributed by atoms with E-state index in [2.05, 4.69) is 37.2 Å². The number of carbonyl (C=O) groups excluding carboxylic acids is 2. The second-order valence-electron chi connectivity index (χ2n) is 9.45. The Labute approximate surface area is 247 Å². The second-order valence-corrected chi connectivity index (χ2v) is 13.1. The van der Waals surface area contributed by atoms with Gasteiger partial charge in [-0.1, -0.05) is 68.6 Å². The number of hydrogen-bond donors (Lipinski definition) is 1. The molecule has 0 aliphatic carbocycles. The number of hydrogen-bond acceptors (Lipinski definition) is 4. The summed E-state index contributed by atoms with van der Waals surface area (Å²) in [6.45, 7) is 7.05. The van der Waals surface area contributed by atoms with Crippen molar-refractivity contribution in [2.45, 2.75) is 57.6 Å². The summed E-state index contributed by atoms with van der Waals surface area (Å²) in [5, 5.41) is 2.94. The SMILES string of the molecule is CC[C@@H](C)NC(=O)[C@@H](C)N(Cc1cccc(Br)c1)C(=O)CN(c1ccc(Br)cc1)S(=O)(=O)c1ccc(C)cc1. The van der Waals surface area contributed by atoms with Gasteiger partial charge in [-0.2, -0.15) is 0 Å². The lowest BCUT2D eigenvalue weighted by atomic mass is 10.1. The van der Waals surface area contributed by atoms with Gasteiger partial charge in [0, 0.05) is 21.5 Å². The van der Waals surface area contributed by atoms with E-state index in [0.29, 0.717) is 5.69 Å². The molecule has 0 radical (unpaired) electrons. The highest BCUT2D eigenvalue weighted by atomic mass is 79.9. The van der Waals surface area contributed by atoms with Gasteiger partial charge in [0.25, 0.3) is 10.0 Å². The Morgan fingerprint density at radius 2 is 1.56 bits per heavy atom. The zero-order valence-electron chi connectivity index (χ0n) is 22.4. The predicted molar refractivity (Wildman–Crippen MR) is 162 cm³/mol. The molecular weight excluding hydrogens is 646 g/mol. The summed E-state index contributed by atoms with van der Waals surface area (Å²) in [5.41, 5.74) is 2.06. The van der Waals surface area contributed by atoms with Crippen LogP contribution in [0.4, 0.5) is 5.69 Å². The van der Waals surface area contributed by atoms with E-state index in [1.165, 1.54) is 17.0 Å². The Kier molecular flexibility index (Phi) is 10.7. The number of anilines is 1. The Hall–Kier alpha value is -2.69. The van der Waals surface area contributed by atoms with Gasteiger partial charge in [0.2, 0.25) is 11.8 Å². The summed E-state index contributed by atoms with van der Waals surface area (Å²) in [6.07, 6.45) is 0.740. The number of amides is 2. The van der Waals surface area contributed by atoms with E-state index < -0.39 is 28.5 Å². The molecule has 208 valence electrons. The van der Waals surface area contributed by atoms with Crippen LogP contribution in [0.25, 0.3) is 0 Å². The van der Waals surface area contributed by atoms with Gasteiger partial charge in [-0.15, -0.1) is 0 Å². The molecule has 0 aliphatic rings. The van der Waals surface area contributed by atoms with E-state index in [-0.39, 0.29) is 23.4 Å². The van der Waals surface area contributed by atoms with Crippen molar-refractivity contribution in [1.82, 2.24) is 10.2 Å². The Morgan fingerprint density at radius 3 is 2.15 bits per heavy atom. The number of halogens is 2. The standard InChI is InChI=1S/C29H33Br2N3O4S/c1-5-21(3)32-29(36)22(4)33(18-23-7-6-8-25(31)17-23)28(35)19-34(26-13-11-24(30)12-14-26)39(37,38)27-15-9-20(2)10-16-27/h6-17,21-22H,5,18-19H2,1-4H3,(H,32,36)/t21-,22-/m1/s1. The average Bonchev–Trinajstić information content (AvgIpc) is 2.90. The Morgan fingerprint density at radius 1 is 0.923 bits per heavy atom. The Bertz CT molecular complexity index is 1400. The summed E-state index contributed by atoms with van der Waals surface area (Å²) in [4.78, 5) is 28.5. The zero-order valence-corrected chi connectivity index (χ0v) is 26.4. The van der Waals surface area contributed by atoms with Crippen LogP contribution in [0.2, 0.25) is 0 Å². The third kappa shape index (κ3) is 8.16. The molecule has 0 bridgehead atoms. The first-order chi connectivity index (χ1) is 18.4. The van der Waals surface area contributed by atoms with Crippen LogP contribution in [0.3, 0.4) is 0 Å². The smallest absolute Gasteiger partial charge is 0.264 e. The molecular formula is C29H33Br2N3O4S. The molecule has 0 fully saturated rings. The normalized spacial score (nSPS) is 12.9. The first kappa shape index (κ1) is 30.8. The van der Waals surface area contributed by atoms with Crippen LogP contribution in [0.5, 0.6) is 0 Å². The first-order valence-corrected chi connectivity index (χ1v) is 15.6. The van der Waals surface area contributed by atoms with Crippen molar-refractivity contribution < 1.29 is 18.0 Å². The van der Waals surface area contributed by atoms with Crippen LogP contribution >= 0.6 is 31.9 Å². The van der Waals surface area contributed by atoms with Crippen molar-refractivity contribution in [3.63, 3.8) is 0 Å². The molecule has 0 aromatic heterocycles. The monoisotopic (exact) mass is 677 g/mol. The van der Waals surface area contributed by atoms with E-state index in [4.69, 9.17) is 0 Å². The van der Waals surface area contributed by atoms with Gasteiger partial charge in [-0.3, -0.25) is 13.9 Å². The maximum Gasteiger partial charge on any atom is 0.264 e. The quantitative estimate of drug-likeness (QED) is 0.268. The second kappa shape index (κ2) is 13.6. The van der Waals surface area contributed by atoms with Crippen LogP contribution < -0.4 is 9.62 Å². The van der Waals surface area contributed by atoms with Crippen molar-refractivity contribution in [3.05, 3.63) is 92.9 Å². The summed E-state index contributed by atoms with van der Waals surface area (Å²) >= 11 is 6.84. The van der Waals surface area contributed by atoms with Gasteiger partial charge in [0.15, 0.2) is 0 Å². The third-order valence-corrected chi connectivity index (χ3v) is 9.22. The molecule has 3 rings (SSSR count). The van der Waals surface area contributed by atoms with E-state index in [0.717, 1.165) is 30.8 Å². The molecule has 0 heterocycles. The lowest BCUT2D eigenvalue weighted by molar-refractivity contribution is -0.139. The van der Waals surface area contributed by atoms with Crippen molar-refractivity contribution in [2.75, 3.05) is 10.8 Å². The van der Waals surface area contributed by atoms with E-state index in [1.54, 1.807) is 43.3 Å². The molecule has 0 spiro atoms. The molecule has 3 aromatic rings. The fraction of sp³-hybridized carbons (Fsp3) is 0.310. The highest BCUT2D eigenvalue weighted by Gasteiger charge is 2.32. The zero-order chi connectivity index (χ0) is 28.7. The third-order valence-electron chi connectivity index (χ3n) is 6.41. The molecule has 0 saturated carbocycles. The first-order valence-electron chi connectivity index (χ1n) is 12.6. The number of rotatable bonds is 11. The lowest BCUT2D eigenvalue weighted by Crippen LogP contribution is -2.52. The van der Waals surface area contributed by atoms with E-state index in [9.17, 15) is 18.0 Å². The topological polar surface area (TPSA) is 86.8 Å². The number of aryl methyl sites for hydroxylation is 1. The van der Waals surface area contributed by atoms with Gasteiger partial charge in [0.1, 0.15) is 12.6 Å². The molecule has 0 saturated heterocycles. The van der Waals surface area contributed by atoms with Gasteiger partial charge in [-0.25, -0.2) is 8.42 Å².